The summed E-state index contributed by atoms with van der Waals surface area (Å²) >= 11 is 0. The fourth-order valence-corrected chi connectivity index (χ4v) is 2.18. The van der Waals surface area contributed by atoms with E-state index in [2.05, 4.69) is 0 Å². The van der Waals surface area contributed by atoms with Crippen LogP contribution in [0.2, 0.25) is 0 Å². The number of carbonyl (C=O) groups is 4. The van der Waals surface area contributed by atoms with Crippen LogP contribution >= 0.6 is 0 Å². The lowest BCUT2D eigenvalue weighted by Crippen LogP contribution is -2.48. The van der Waals surface area contributed by atoms with Crippen molar-refractivity contribution >= 4 is 24.1 Å². The van der Waals surface area contributed by atoms with E-state index in [4.69, 9.17) is 24.1 Å². The second-order valence-electron chi connectivity index (χ2n) is 8.81. The highest BCUT2D eigenvalue weighted by atomic mass is 16.6. The maximum Gasteiger partial charge on any atom is 0.411 e. The Hall–Kier alpha value is -2.56. The Bertz CT molecular complexity index is 623. The van der Waals surface area contributed by atoms with Gasteiger partial charge in [0.25, 0.3) is 0 Å². The molecule has 1 unspecified atom stereocenters. The molecule has 31 heavy (non-hydrogen) atoms. The number of carboxylic acids is 1. The predicted molar refractivity (Wildman–Crippen MR) is 111 cm³/mol. The van der Waals surface area contributed by atoms with Gasteiger partial charge in [0.2, 0.25) is 0 Å². The molecule has 0 bridgehead atoms. The molecule has 0 aromatic rings. The number of rotatable bonds is 10. The van der Waals surface area contributed by atoms with Crippen molar-refractivity contribution in [3.8, 4) is 0 Å². The van der Waals surface area contributed by atoms with Crippen LogP contribution in [0.1, 0.15) is 48.5 Å². The Kier molecular flexibility index (Phi) is 11.3. The molecule has 11 nitrogen and oxygen atoms in total. The first-order chi connectivity index (χ1) is 14.1. The molecule has 0 aliphatic heterocycles. The van der Waals surface area contributed by atoms with Crippen LogP contribution in [0.4, 0.5) is 9.59 Å². The summed E-state index contributed by atoms with van der Waals surface area (Å²) in [7, 11) is 1.46. The average molecular weight is 449 g/mol. The molecule has 0 saturated carbocycles. The predicted octanol–water partition coefficient (Wildman–Crippen LogP) is 2.12. The first-order valence-corrected chi connectivity index (χ1v) is 9.92. The number of nitrogens with zero attached hydrogens (tertiary/aromatic N) is 2. The van der Waals surface area contributed by atoms with Crippen LogP contribution in [-0.4, -0.2) is 96.2 Å². The van der Waals surface area contributed by atoms with E-state index in [0.29, 0.717) is 0 Å². The van der Waals surface area contributed by atoms with Gasteiger partial charge in [0.1, 0.15) is 30.4 Å². The van der Waals surface area contributed by atoms with E-state index in [0.717, 1.165) is 4.90 Å². The lowest BCUT2D eigenvalue weighted by Gasteiger charge is -2.30. The number of ether oxygens (including phenoxy) is 4. The third-order valence-electron chi connectivity index (χ3n) is 3.56. The monoisotopic (exact) mass is 448 g/mol. The quantitative estimate of drug-likeness (QED) is 0.394. The van der Waals surface area contributed by atoms with E-state index < -0.39 is 47.9 Å². The van der Waals surface area contributed by atoms with Crippen LogP contribution < -0.4 is 0 Å². The molecule has 0 heterocycles. The Labute approximate surface area is 183 Å². The molecule has 0 aromatic carbocycles. The SMILES string of the molecule is COCCN(C(=O)OC(C)(C)C)C(C)C(=O)OCCN(CC(=O)O)C(=O)OC(C)(C)C. The molecule has 1 atom stereocenters. The van der Waals surface area contributed by atoms with Crippen molar-refractivity contribution in [3.63, 3.8) is 0 Å². The lowest BCUT2D eigenvalue weighted by molar-refractivity contribution is -0.150. The van der Waals surface area contributed by atoms with Gasteiger partial charge in [-0.1, -0.05) is 0 Å². The molecular formula is C20H36N2O9. The topological polar surface area (TPSA) is 132 Å². The number of amides is 2. The number of hydrogen-bond acceptors (Lipinski definition) is 8. The second kappa shape index (κ2) is 12.3. The number of carbonyl (C=O) groups excluding carboxylic acids is 3. The van der Waals surface area contributed by atoms with Crippen molar-refractivity contribution in [3.05, 3.63) is 0 Å². The van der Waals surface area contributed by atoms with Crippen molar-refractivity contribution in [2.24, 2.45) is 0 Å². The van der Waals surface area contributed by atoms with Crippen molar-refractivity contribution < 1.29 is 43.2 Å². The Morgan fingerprint density at radius 3 is 1.84 bits per heavy atom. The summed E-state index contributed by atoms with van der Waals surface area (Å²) in [5, 5.41) is 9.01. The van der Waals surface area contributed by atoms with Crippen LogP contribution in [0.25, 0.3) is 0 Å². The largest absolute Gasteiger partial charge is 0.480 e. The normalized spacial score (nSPS) is 12.5. The molecule has 0 spiro atoms. The van der Waals surface area contributed by atoms with Gasteiger partial charge in [0.05, 0.1) is 13.2 Å². The van der Waals surface area contributed by atoms with Crippen molar-refractivity contribution in [2.75, 3.05) is 40.0 Å². The molecule has 11 heteroatoms. The molecule has 0 aliphatic carbocycles. The summed E-state index contributed by atoms with van der Waals surface area (Å²) in [6.07, 6.45) is -1.54. The molecule has 0 fully saturated rings. The van der Waals surface area contributed by atoms with Gasteiger partial charge >= 0.3 is 24.1 Å². The number of methoxy groups -OCH3 is 1. The number of hydrogen-bond donors (Lipinski definition) is 1. The fourth-order valence-electron chi connectivity index (χ4n) is 2.18. The van der Waals surface area contributed by atoms with Crippen LogP contribution in [0.5, 0.6) is 0 Å². The average Bonchev–Trinajstić information content (AvgIpc) is 2.57. The maximum absolute atomic E-state index is 12.5. The van der Waals surface area contributed by atoms with Gasteiger partial charge < -0.3 is 24.1 Å². The van der Waals surface area contributed by atoms with Crippen molar-refractivity contribution in [1.82, 2.24) is 9.80 Å². The molecule has 180 valence electrons. The highest BCUT2D eigenvalue weighted by Crippen LogP contribution is 2.13. The van der Waals surface area contributed by atoms with E-state index in [1.54, 1.807) is 41.5 Å². The van der Waals surface area contributed by atoms with Gasteiger partial charge in [0.15, 0.2) is 0 Å². The zero-order valence-electron chi connectivity index (χ0n) is 19.7. The minimum atomic E-state index is -1.23. The van der Waals surface area contributed by atoms with Crippen LogP contribution in [0.3, 0.4) is 0 Å². The van der Waals surface area contributed by atoms with Crippen LogP contribution in [0.15, 0.2) is 0 Å². The molecule has 0 saturated heterocycles. The van der Waals surface area contributed by atoms with Gasteiger partial charge in [-0.05, 0) is 48.5 Å². The van der Waals surface area contributed by atoms with Crippen molar-refractivity contribution in [1.29, 1.82) is 0 Å². The Morgan fingerprint density at radius 1 is 0.871 bits per heavy atom. The number of aliphatic carboxylic acids is 1. The van der Waals surface area contributed by atoms with Crippen LogP contribution in [-0.2, 0) is 28.5 Å². The smallest absolute Gasteiger partial charge is 0.411 e. The molecule has 0 radical (unpaired) electrons. The molecular weight excluding hydrogens is 412 g/mol. The first kappa shape index (κ1) is 28.4. The van der Waals surface area contributed by atoms with Crippen molar-refractivity contribution in [2.45, 2.75) is 65.7 Å². The van der Waals surface area contributed by atoms with Gasteiger partial charge in [-0.2, -0.15) is 0 Å². The van der Waals surface area contributed by atoms with E-state index in [9.17, 15) is 19.2 Å². The summed E-state index contributed by atoms with van der Waals surface area (Å²) in [6, 6.07) is -0.987. The highest BCUT2D eigenvalue weighted by molar-refractivity contribution is 5.81. The second-order valence-corrected chi connectivity index (χ2v) is 8.81. The standard InChI is InChI=1S/C20H36N2O9/c1-14(22(10-11-28-8)18(27)31-20(5,6)7)16(25)29-12-9-21(13-15(23)24)17(26)30-19(2,3)4/h14H,9-13H2,1-8H3,(H,23,24). The molecule has 0 aliphatic rings. The molecule has 0 rings (SSSR count). The Balaban J connectivity index is 5.03. The van der Waals surface area contributed by atoms with E-state index in [-0.39, 0.29) is 26.3 Å². The number of esters is 1. The molecule has 0 aromatic heterocycles. The lowest BCUT2D eigenvalue weighted by atomic mass is 10.2. The van der Waals surface area contributed by atoms with E-state index in [1.165, 1.54) is 18.9 Å². The van der Waals surface area contributed by atoms with E-state index in [1.807, 2.05) is 0 Å². The van der Waals surface area contributed by atoms with Crippen LogP contribution in [0, 0.1) is 0 Å². The maximum atomic E-state index is 12.5. The van der Waals surface area contributed by atoms with Gasteiger partial charge in [-0.15, -0.1) is 0 Å². The van der Waals surface area contributed by atoms with Gasteiger partial charge in [-0.25, -0.2) is 14.4 Å². The third-order valence-corrected chi connectivity index (χ3v) is 3.56. The summed E-state index contributed by atoms with van der Waals surface area (Å²) in [5.41, 5.74) is -1.56. The fraction of sp³-hybridized carbons (Fsp3) is 0.800. The summed E-state index contributed by atoms with van der Waals surface area (Å²) in [6.45, 7) is 10.7. The minimum Gasteiger partial charge on any atom is -0.480 e. The molecule has 2 amide bonds. The summed E-state index contributed by atoms with van der Waals surface area (Å²) in [4.78, 5) is 50.2. The third kappa shape index (κ3) is 12.7. The summed E-state index contributed by atoms with van der Waals surface area (Å²) in [5.74, 6) is -1.97. The molecule has 1 N–H and O–H groups in total. The van der Waals surface area contributed by atoms with Gasteiger partial charge in [-0.3, -0.25) is 14.6 Å². The van der Waals surface area contributed by atoms with E-state index >= 15 is 0 Å². The minimum absolute atomic E-state index is 0.102. The zero-order chi connectivity index (χ0) is 24.4. The highest BCUT2D eigenvalue weighted by Gasteiger charge is 2.31. The summed E-state index contributed by atoms with van der Waals surface area (Å²) < 4.78 is 20.6. The zero-order valence-corrected chi connectivity index (χ0v) is 19.7. The first-order valence-electron chi connectivity index (χ1n) is 9.92. The van der Waals surface area contributed by atoms with Gasteiger partial charge in [0, 0.05) is 13.7 Å². The number of carboxylic acid groups (broad SMARTS) is 1. The Morgan fingerprint density at radius 2 is 1.39 bits per heavy atom.